The first-order valence-corrected chi connectivity index (χ1v) is 6.92. The average molecular weight is 262 g/mol. The largest absolute Gasteiger partial charge is 0.388 e. The molecular weight excluding hydrogens is 244 g/mol. The summed E-state index contributed by atoms with van der Waals surface area (Å²) in [6, 6.07) is 6.18. The fraction of sp³-hybridized carbons (Fsp3) is 0.385. The molecule has 18 heavy (non-hydrogen) atoms. The van der Waals surface area contributed by atoms with Gasteiger partial charge in [0.05, 0.1) is 16.9 Å². The lowest BCUT2D eigenvalue weighted by molar-refractivity contribution is 0.843. The van der Waals surface area contributed by atoms with Gasteiger partial charge in [0, 0.05) is 11.7 Å². The number of nitrogens with one attached hydrogen (secondary N) is 2. The van der Waals surface area contributed by atoms with Crippen LogP contribution in [0.2, 0.25) is 0 Å². The van der Waals surface area contributed by atoms with Crippen LogP contribution < -0.4 is 5.73 Å². The molecule has 0 aliphatic rings. The molecule has 1 aromatic heterocycles. The molecule has 1 heterocycles. The summed E-state index contributed by atoms with van der Waals surface area (Å²) in [6.07, 6.45) is 1.58. The van der Waals surface area contributed by atoms with E-state index in [1.165, 1.54) is 5.56 Å². The minimum Gasteiger partial charge on any atom is -0.388 e. The van der Waals surface area contributed by atoms with E-state index in [9.17, 15) is 0 Å². The van der Waals surface area contributed by atoms with Gasteiger partial charge >= 0.3 is 0 Å². The first-order chi connectivity index (χ1) is 8.58. The lowest BCUT2D eigenvalue weighted by Gasteiger charge is -2.10. The van der Waals surface area contributed by atoms with Crippen molar-refractivity contribution >= 4 is 28.6 Å². The van der Waals surface area contributed by atoms with Crippen LogP contribution in [-0.4, -0.2) is 21.1 Å². The number of nitrogens with two attached hydrogens (primary N) is 1. The molecule has 0 aliphatic heterocycles. The Hall–Kier alpha value is -1.49. The van der Waals surface area contributed by atoms with Crippen LogP contribution >= 0.6 is 11.8 Å². The minimum atomic E-state index is 0.237. The van der Waals surface area contributed by atoms with E-state index in [0.717, 1.165) is 22.6 Å². The molecule has 0 saturated heterocycles. The van der Waals surface area contributed by atoms with E-state index in [4.69, 9.17) is 11.1 Å². The van der Waals surface area contributed by atoms with Crippen LogP contribution in [0, 0.1) is 12.3 Å². The van der Waals surface area contributed by atoms with E-state index in [0.29, 0.717) is 11.7 Å². The summed E-state index contributed by atoms with van der Waals surface area (Å²) in [4.78, 5) is 7.86. The van der Waals surface area contributed by atoms with Crippen molar-refractivity contribution in [3.63, 3.8) is 0 Å². The Bertz CT molecular complexity index is 561. The Kier molecular flexibility index (Phi) is 3.91. The summed E-state index contributed by atoms with van der Waals surface area (Å²) in [5, 5.41) is 8.58. The first kappa shape index (κ1) is 13.0. The lowest BCUT2D eigenvalue weighted by Crippen LogP contribution is -2.16. The van der Waals surface area contributed by atoms with Crippen molar-refractivity contribution in [1.29, 1.82) is 5.41 Å². The van der Waals surface area contributed by atoms with Crippen molar-refractivity contribution in [3.8, 4) is 0 Å². The summed E-state index contributed by atoms with van der Waals surface area (Å²) >= 11 is 1.66. The van der Waals surface area contributed by atoms with Crippen molar-refractivity contribution in [2.75, 3.05) is 0 Å². The predicted molar refractivity (Wildman–Crippen MR) is 77.3 cm³/mol. The normalized spacial score (nSPS) is 12.8. The second kappa shape index (κ2) is 5.44. The highest BCUT2D eigenvalue weighted by Crippen LogP contribution is 2.27. The molecule has 1 aromatic carbocycles. The second-order valence-corrected chi connectivity index (χ2v) is 5.73. The number of benzene rings is 1. The SMILES string of the molecule is CCC(CC(=N)N)Sc1nc2ccc(C)cc2[nH]1. The Morgan fingerprint density at radius 2 is 2.33 bits per heavy atom. The number of thioether (sulfide) groups is 1. The van der Waals surface area contributed by atoms with Gasteiger partial charge in [-0.05, 0) is 31.0 Å². The summed E-state index contributed by atoms with van der Waals surface area (Å²) in [6.45, 7) is 4.17. The highest BCUT2D eigenvalue weighted by atomic mass is 32.2. The van der Waals surface area contributed by atoms with Crippen LogP contribution in [0.3, 0.4) is 0 Å². The molecule has 0 amide bonds. The fourth-order valence-electron chi connectivity index (χ4n) is 1.83. The van der Waals surface area contributed by atoms with Gasteiger partial charge in [0.1, 0.15) is 0 Å². The zero-order chi connectivity index (χ0) is 13.1. The molecule has 2 aromatic rings. The van der Waals surface area contributed by atoms with Crippen LogP contribution in [-0.2, 0) is 0 Å². The van der Waals surface area contributed by atoms with E-state index in [1.54, 1.807) is 11.8 Å². The number of nitrogens with zero attached hydrogens (tertiary/aromatic N) is 1. The maximum atomic E-state index is 7.36. The van der Waals surface area contributed by atoms with Gasteiger partial charge in [-0.25, -0.2) is 4.98 Å². The molecule has 0 radical (unpaired) electrons. The summed E-state index contributed by atoms with van der Waals surface area (Å²) in [5.74, 6) is 0.237. The van der Waals surface area contributed by atoms with Gasteiger partial charge in [-0.1, -0.05) is 24.8 Å². The monoisotopic (exact) mass is 262 g/mol. The van der Waals surface area contributed by atoms with E-state index in [1.807, 2.05) is 6.07 Å². The number of imidazole rings is 1. The standard InChI is InChI=1S/C13H18N4S/c1-3-9(7-12(14)15)18-13-16-10-5-4-8(2)6-11(10)17-13/h4-6,9H,3,7H2,1-2H3,(H3,14,15)(H,16,17). The summed E-state index contributed by atoms with van der Waals surface area (Å²) < 4.78 is 0. The Morgan fingerprint density at radius 3 is 3.00 bits per heavy atom. The molecule has 0 spiro atoms. The molecule has 4 nitrogen and oxygen atoms in total. The maximum absolute atomic E-state index is 7.36. The molecule has 2 rings (SSSR count). The van der Waals surface area contributed by atoms with Crippen molar-refractivity contribution in [1.82, 2.24) is 9.97 Å². The second-order valence-electron chi connectivity index (χ2n) is 4.44. The van der Waals surface area contributed by atoms with E-state index < -0.39 is 0 Å². The molecule has 1 unspecified atom stereocenters. The molecule has 1 atom stereocenters. The lowest BCUT2D eigenvalue weighted by atomic mass is 10.2. The number of hydrogen-bond acceptors (Lipinski definition) is 3. The van der Waals surface area contributed by atoms with Crippen molar-refractivity contribution in [2.24, 2.45) is 5.73 Å². The molecule has 0 bridgehead atoms. The first-order valence-electron chi connectivity index (χ1n) is 6.04. The summed E-state index contributed by atoms with van der Waals surface area (Å²) in [7, 11) is 0. The van der Waals surface area contributed by atoms with Crippen LogP contribution in [0.5, 0.6) is 0 Å². The number of aryl methyl sites for hydroxylation is 1. The summed E-state index contributed by atoms with van der Waals surface area (Å²) in [5.41, 5.74) is 8.73. The maximum Gasteiger partial charge on any atom is 0.166 e. The molecule has 96 valence electrons. The van der Waals surface area contributed by atoms with Gasteiger partial charge in [0.15, 0.2) is 5.16 Å². The Morgan fingerprint density at radius 1 is 1.56 bits per heavy atom. The zero-order valence-electron chi connectivity index (χ0n) is 10.7. The zero-order valence-corrected chi connectivity index (χ0v) is 11.5. The van der Waals surface area contributed by atoms with Crippen molar-refractivity contribution in [3.05, 3.63) is 23.8 Å². The van der Waals surface area contributed by atoms with E-state index >= 15 is 0 Å². The van der Waals surface area contributed by atoms with Crippen molar-refractivity contribution < 1.29 is 0 Å². The number of aromatic amines is 1. The number of rotatable bonds is 5. The van der Waals surface area contributed by atoms with Gasteiger partial charge in [0.2, 0.25) is 0 Å². The quantitative estimate of drug-likeness (QED) is 0.440. The smallest absolute Gasteiger partial charge is 0.166 e. The van der Waals surface area contributed by atoms with Crippen LogP contribution in [0.4, 0.5) is 0 Å². The minimum absolute atomic E-state index is 0.237. The fourth-order valence-corrected chi connectivity index (χ4v) is 2.89. The third-order valence-corrected chi connectivity index (χ3v) is 4.05. The van der Waals surface area contributed by atoms with Gasteiger partial charge in [-0.2, -0.15) is 0 Å². The number of fused-ring (bicyclic) bond motifs is 1. The highest BCUT2D eigenvalue weighted by Gasteiger charge is 2.12. The van der Waals surface area contributed by atoms with Crippen LogP contribution in [0.15, 0.2) is 23.4 Å². The third-order valence-electron chi connectivity index (χ3n) is 2.80. The molecule has 0 fully saturated rings. The van der Waals surface area contributed by atoms with Gasteiger partial charge in [-0.15, -0.1) is 0 Å². The molecule has 0 saturated carbocycles. The molecule has 5 heteroatoms. The van der Waals surface area contributed by atoms with Crippen LogP contribution in [0.25, 0.3) is 11.0 Å². The Labute approximate surface area is 111 Å². The van der Waals surface area contributed by atoms with E-state index in [2.05, 4.69) is 35.9 Å². The van der Waals surface area contributed by atoms with Crippen molar-refractivity contribution in [2.45, 2.75) is 37.1 Å². The van der Waals surface area contributed by atoms with Gasteiger partial charge in [0.25, 0.3) is 0 Å². The number of hydrogen-bond donors (Lipinski definition) is 3. The third kappa shape index (κ3) is 3.04. The number of aromatic nitrogens is 2. The highest BCUT2D eigenvalue weighted by molar-refractivity contribution is 7.99. The molecular formula is C13H18N4S. The topological polar surface area (TPSA) is 78.6 Å². The Balaban J connectivity index is 2.18. The molecule has 4 N–H and O–H groups in total. The predicted octanol–water partition coefficient (Wildman–Crippen LogP) is 3.07. The van der Waals surface area contributed by atoms with E-state index in [-0.39, 0.29) is 5.84 Å². The number of H-pyrrole nitrogens is 1. The molecule has 0 aliphatic carbocycles. The van der Waals surface area contributed by atoms with Gasteiger partial charge < -0.3 is 10.7 Å². The van der Waals surface area contributed by atoms with Gasteiger partial charge in [-0.3, -0.25) is 5.41 Å². The van der Waals surface area contributed by atoms with Crippen LogP contribution in [0.1, 0.15) is 25.3 Å². The number of amidine groups is 1. The average Bonchev–Trinajstić information content (AvgIpc) is 2.68.